The Morgan fingerprint density at radius 3 is 2.52 bits per heavy atom. The lowest BCUT2D eigenvalue weighted by Crippen LogP contribution is -2.44. The summed E-state index contributed by atoms with van der Waals surface area (Å²) in [6.45, 7) is 4.76. The van der Waals surface area contributed by atoms with Gasteiger partial charge in [-0.1, -0.05) is 18.2 Å². The fraction of sp³-hybridized carbons (Fsp3) is 0.462. The second-order valence-electron chi connectivity index (χ2n) is 9.35. The average Bonchev–Trinajstić information content (AvgIpc) is 3.64. The first-order chi connectivity index (χ1) is 15.0. The zero-order valence-electron chi connectivity index (χ0n) is 18.4. The standard InChI is InChI=1S/C26H30FN3O/c1-18(23-15-20(19-3-4-19)16-24-25(23)29-12-11-28-24)31-17-26(9-13-30(2)14-10-26)21-5-7-22(27)8-6-21/h5-8,11-12,15-16,18-19H,3-4,9-10,13-14,17H2,1-2H3. The summed E-state index contributed by atoms with van der Waals surface area (Å²) in [6, 6.07) is 11.5. The number of halogens is 1. The zero-order chi connectivity index (χ0) is 21.4. The number of aromatic nitrogens is 2. The molecule has 0 bridgehead atoms. The summed E-state index contributed by atoms with van der Waals surface area (Å²) in [5, 5.41) is 0. The van der Waals surface area contributed by atoms with Crippen LogP contribution in [0.4, 0.5) is 4.39 Å². The number of nitrogens with zero attached hydrogens (tertiary/aromatic N) is 3. The molecule has 1 saturated carbocycles. The third-order valence-corrected chi connectivity index (χ3v) is 7.12. The Bertz CT molecular complexity index is 1060. The van der Waals surface area contributed by atoms with Gasteiger partial charge < -0.3 is 9.64 Å². The van der Waals surface area contributed by atoms with Gasteiger partial charge in [0.1, 0.15) is 5.82 Å². The number of fused-ring (bicyclic) bond motifs is 1. The summed E-state index contributed by atoms with van der Waals surface area (Å²) in [6.07, 6.45) is 7.94. The Labute approximate surface area is 183 Å². The highest BCUT2D eigenvalue weighted by Crippen LogP contribution is 2.43. The van der Waals surface area contributed by atoms with Crippen LogP contribution in [0.1, 0.15) is 61.3 Å². The lowest BCUT2D eigenvalue weighted by atomic mass is 9.73. The molecule has 2 fully saturated rings. The van der Waals surface area contributed by atoms with Crippen molar-refractivity contribution in [3.63, 3.8) is 0 Å². The van der Waals surface area contributed by atoms with E-state index in [1.165, 1.54) is 24.0 Å². The van der Waals surface area contributed by atoms with Crippen LogP contribution in [0.2, 0.25) is 0 Å². The topological polar surface area (TPSA) is 38.2 Å². The van der Waals surface area contributed by atoms with Crippen molar-refractivity contribution < 1.29 is 9.13 Å². The molecular formula is C26H30FN3O. The molecule has 5 rings (SSSR count). The zero-order valence-corrected chi connectivity index (χ0v) is 18.4. The Morgan fingerprint density at radius 2 is 1.81 bits per heavy atom. The van der Waals surface area contributed by atoms with E-state index in [0.717, 1.165) is 42.5 Å². The van der Waals surface area contributed by atoms with E-state index in [-0.39, 0.29) is 17.3 Å². The van der Waals surface area contributed by atoms with Gasteiger partial charge >= 0.3 is 0 Å². The maximum absolute atomic E-state index is 13.6. The molecule has 162 valence electrons. The highest BCUT2D eigenvalue weighted by Gasteiger charge is 2.36. The van der Waals surface area contributed by atoms with Crippen LogP contribution in [0.15, 0.2) is 48.8 Å². The summed E-state index contributed by atoms with van der Waals surface area (Å²) in [5.74, 6) is 0.458. The molecule has 1 saturated heterocycles. The molecule has 1 aromatic heterocycles. The molecule has 1 aliphatic heterocycles. The molecule has 2 aromatic carbocycles. The first kappa shape index (κ1) is 20.5. The normalized spacial score (nSPS) is 20.1. The second kappa shape index (κ2) is 8.29. The quantitative estimate of drug-likeness (QED) is 0.537. The molecule has 4 nitrogen and oxygen atoms in total. The largest absolute Gasteiger partial charge is 0.373 e. The molecule has 0 N–H and O–H groups in total. The van der Waals surface area contributed by atoms with Crippen molar-refractivity contribution in [2.24, 2.45) is 0 Å². The molecule has 2 heterocycles. The van der Waals surface area contributed by atoms with Crippen molar-refractivity contribution in [3.8, 4) is 0 Å². The summed E-state index contributed by atoms with van der Waals surface area (Å²) in [7, 11) is 2.16. The molecule has 3 aromatic rings. The minimum Gasteiger partial charge on any atom is -0.373 e. The molecule has 31 heavy (non-hydrogen) atoms. The van der Waals surface area contributed by atoms with Gasteiger partial charge in [-0.15, -0.1) is 0 Å². The van der Waals surface area contributed by atoms with Gasteiger partial charge in [-0.05, 0) is 88.0 Å². The van der Waals surface area contributed by atoms with Crippen LogP contribution in [0.25, 0.3) is 11.0 Å². The van der Waals surface area contributed by atoms with E-state index >= 15 is 0 Å². The van der Waals surface area contributed by atoms with Crippen molar-refractivity contribution in [2.75, 3.05) is 26.7 Å². The van der Waals surface area contributed by atoms with Gasteiger partial charge in [-0.2, -0.15) is 0 Å². The van der Waals surface area contributed by atoms with Gasteiger partial charge in [-0.3, -0.25) is 9.97 Å². The van der Waals surface area contributed by atoms with Crippen molar-refractivity contribution in [3.05, 3.63) is 71.3 Å². The third kappa shape index (κ3) is 4.21. The first-order valence-corrected chi connectivity index (χ1v) is 11.3. The Kier molecular flexibility index (Phi) is 5.49. The summed E-state index contributed by atoms with van der Waals surface area (Å²) in [4.78, 5) is 11.5. The highest BCUT2D eigenvalue weighted by atomic mass is 19.1. The lowest BCUT2D eigenvalue weighted by molar-refractivity contribution is 0.00693. The van der Waals surface area contributed by atoms with Gasteiger partial charge in [0, 0.05) is 23.4 Å². The van der Waals surface area contributed by atoms with Gasteiger partial charge in [0.25, 0.3) is 0 Å². The fourth-order valence-corrected chi connectivity index (χ4v) is 4.83. The van der Waals surface area contributed by atoms with Crippen molar-refractivity contribution in [1.82, 2.24) is 14.9 Å². The van der Waals surface area contributed by atoms with Gasteiger partial charge in [0.15, 0.2) is 0 Å². The maximum Gasteiger partial charge on any atom is 0.123 e. The molecule has 0 radical (unpaired) electrons. The smallest absolute Gasteiger partial charge is 0.123 e. The molecular weight excluding hydrogens is 389 g/mol. The van der Waals surface area contributed by atoms with E-state index in [4.69, 9.17) is 4.74 Å². The van der Waals surface area contributed by atoms with Crippen molar-refractivity contribution in [1.29, 1.82) is 0 Å². The van der Waals surface area contributed by atoms with Crippen LogP contribution >= 0.6 is 0 Å². The van der Waals surface area contributed by atoms with Crippen LogP contribution in [0.5, 0.6) is 0 Å². The number of hydrogen-bond donors (Lipinski definition) is 0. The molecule has 0 spiro atoms. The minimum absolute atomic E-state index is 0.0881. The minimum atomic E-state index is -0.192. The van der Waals surface area contributed by atoms with E-state index < -0.39 is 0 Å². The van der Waals surface area contributed by atoms with Crippen LogP contribution in [-0.4, -0.2) is 41.6 Å². The number of hydrogen-bond acceptors (Lipinski definition) is 4. The molecule has 1 unspecified atom stereocenters. The van der Waals surface area contributed by atoms with E-state index in [2.05, 4.69) is 41.0 Å². The Hall–Kier alpha value is -2.37. The molecule has 2 aliphatic rings. The predicted molar refractivity (Wildman–Crippen MR) is 121 cm³/mol. The van der Waals surface area contributed by atoms with Crippen molar-refractivity contribution in [2.45, 2.75) is 50.0 Å². The highest BCUT2D eigenvalue weighted by molar-refractivity contribution is 5.79. The molecule has 5 heteroatoms. The fourth-order valence-electron chi connectivity index (χ4n) is 4.83. The van der Waals surface area contributed by atoms with Crippen LogP contribution in [0, 0.1) is 5.82 Å². The molecule has 1 aliphatic carbocycles. The Balaban J connectivity index is 1.43. The predicted octanol–water partition coefficient (Wildman–Crippen LogP) is 5.39. The lowest BCUT2D eigenvalue weighted by Gasteiger charge is -2.41. The first-order valence-electron chi connectivity index (χ1n) is 11.3. The van der Waals surface area contributed by atoms with Gasteiger partial charge in [0.05, 0.1) is 23.7 Å². The number of likely N-dealkylation sites (tertiary alicyclic amines) is 1. The van der Waals surface area contributed by atoms with Crippen LogP contribution in [0.3, 0.4) is 0 Å². The van der Waals surface area contributed by atoms with E-state index in [0.29, 0.717) is 12.5 Å². The molecule has 1 atom stereocenters. The van der Waals surface area contributed by atoms with Crippen LogP contribution < -0.4 is 0 Å². The second-order valence-corrected chi connectivity index (χ2v) is 9.35. The average molecular weight is 420 g/mol. The van der Waals surface area contributed by atoms with Crippen molar-refractivity contribution >= 4 is 11.0 Å². The SMILES string of the molecule is CC(OCC1(c2ccc(F)cc2)CCN(C)CC1)c1cc(C2CC2)cc2nccnc12. The van der Waals surface area contributed by atoms with Gasteiger partial charge in [-0.25, -0.2) is 4.39 Å². The molecule has 0 amide bonds. The van der Waals surface area contributed by atoms with Crippen LogP contribution in [-0.2, 0) is 10.2 Å². The monoisotopic (exact) mass is 419 g/mol. The summed E-state index contributed by atoms with van der Waals surface area (Å²) in [5.41, 5.74) is 5.43. The summed E-state index contributed by atoms with van der Waals surface area (Å²) < 4.78 is 20.2. The maximum atomic E-state index is 13.6. The number of ether oxygens (including phenoxy) is 1. The number of benzene rings is 2. The Morgan fingerprint density at radius 1 is 1.10 bits per heavy atom. The number of rotatable bonds is 6. The van der Waals surface area contributed by atoms with E-state index in [1.54, 1.807) is 24.5 Å². The van der Waals surface area contributed by atoms with Gasteiger partial charge in [0.2, 0.25) is 0 Å². The van der Waals surface area contributed by atoms with E-state index in [9.17, 15) is 4.39 Å². The number of piperidine rings is 1. The third-order valence-electron chi connectivity index (χ3n) is 7.12. The summed E-state index contributed by atoms with van der Waals surface area (Å²) >= 11 is 0. The van der Waals surface area contributed by atoms with E-state index in [1.807, 2.05) is 12.1 Å².